The van der Waals surface area contributed by atoms with Gasteiger partial charge >= 0.3 is 5.97 Å². The number of carbonyl (C=O) groups is 1. The van der Waals surface area contributed by atoms with E-state index in [0.717, 1.165) is 48.8 Å². The van der Waals surface area contributed by atoms with Gasteiger partial charge in [0.05, 0.1) is 12.3 Å². The first-order valence-electron chi connectivity index (χ1n) is 11.2. The summed E-state index contributed by atoms with van der Waals surface area (Å²) in [4.78, 5) is 13.7. The maximum absolute atomic E-state index is 11.4. The number of aliphatic carboxylic acids is 1. The summed E-state index contributed by atoms with van der Waals surface area (Å²) < 4.78 is 6.38. The Morgan fingerprint density at radius 2 is 2.06 bits per heavy atom. The summed E-state index contributed by atoms with van der Waals surface area (Å²) in [5, 5.41) is 20.2. The Morgan fingerprint density at radius 3 is 2.81 bits per heavy atom. The van der Waals surface area contributed by atoms with Gasteiger partial charge in [-0.25, -0.2) is 4.79 Å². The number of aliphatic hydroxyl groups is 1. The predicted octanol–water partition coefficient (Wildman–Crippen LogP) is 4.73. The molecule has 1 spiro atoms. The first kappa shape index (κ1) is 20.7. The molecule has 1 fully saturated rings. The van der Waals surface area contributed by atoms with Crippen LogP contribution in [0.15, 0.2) is 36.4 Å². The summed E-state index contributed by atoms with van der Waals surface area (Å²) in [6, 6.07) is 11.5. The van der Waals surface area contributed by atoms with E-state index in [1.165, 1.54) is 30.4 Å². The topological polar surface area (TPSA) is 70.0 Å². The first-order chi connectivity index (χ1) is 14.9. The molecule has 2 aromatic rings. The molecular weight excluding hydrogens is 414 g/mol. The van der Waals surface area contributed by atoms with Gasteiger partial charge in [-0.2, -0.15) is 0 Å². The SMILES string of the molecule is O=C(O)[C@H](O)c1ccc2c(c1)N(CC1CCC1)C[C@@]1(CCCc3cc(Cl)ccc31)CO2. The number of anilines is 1. The summed E-state index contributed by atoms with van der Waals surface area (Å²) in [6.07, 6.45) is 5.35. The Bertz CT molecular complexity index is 1010. The lowest BCUT2D eigenvalue weighted by Crippen LogP contribution is -2.47. The number of benzene rings is 2. The number of halogens is 1. The van der Waals surface area contributed by atoms with E-state index in [-0.39, 0.29) is 5.41 Å². The molecule has 6 heteroatoms. The van der Waals surface area contributed by atoms with Gasteiger partial charge in [-0.05, 0) is 79.0 Å². The molecule has 5 rings (SSSR count). The standard InChI is InChI=1S/C25H28ClNO4/c26-19-7-8-20-17(11-19)5-2-10-25(20)14-27(13-16-3-1-4-16)21-12-18(23(28)24(29)30)6-9-22(21)31-15-25/h6-9,11-12,16,23,28H,1-5,10,13-15H2,(H,29,30)/t23-,25+/m1/s1. The number of ether oxygens (including phenoxy) is 1. The number of aliphatic hydroxyl groups excluding tert-OH is 1. The van der Waals surface area contributed by atoms with E-state index in [0.29, 0.717) is 18.1 Å². The Balaban J connectivity index is 1.56. The van der Waals surface area contributed by atoms with Crippen LogP contribution >= 0.6 is 11.6 Å². The molecule has 3 aliphatic rings. The third kappa shape index (κ3) is 3.79. The Hall–Kier alpha value is -2.24. The summed E-state index contributed by atoms with van der Waals surface area (Å²) in [7, 11) is 0. The van der Waals surface area contributed by atoms with Crippen LogP contribution in [0.2, 0.25) is 5.02 Å². The zero-order chi connectivity index (χ0) is 21.6. The van der Waals surface area contributed by atoms with Gasteiger partial charge in [0.15, 0.2) is 6.10 Å². The zero-order valence-electron chi connectivity index (χ0n) is 17.5. The maximum atomic E-state index is 11.4. The molecule has 1 aliphatic heterocycles. The third-order valence-electron chi connectivity index (χ3n) is 7.31. The minimum atomic E-state index is -1.54. The molecule has 2 aliphatic carbocycles. The number of hydrogen-bond acceptors (Lipinski definition) is 4. The molecule has 0 amide bonds. The van der Waals surface area contributed by atoms with Gasteiger partial charge < -0.3 is 19.8 Å². The average molecular weight is 442 g/mol. The van der Waals surface area contributed by atoms with Crippen molar-refractivity contribution in [1.82, 2.24) is 0 Å². The summed E-state index contributed by atoms with van der Waals surface area (Å²) in [5.74, 6) is 0.164. The molecule has 0 bridgehead atoms. The molecule has 0 unspecified atom stereocenters. The fraction of sp³-hybridized carbons (Fsp3) is 0.480. The van der Waals surface area contributed by atoms with Crippen LogP contribution in [-0.2, 0) is 16.6 Å². The predicted molar refractivity (Wildman–Crippen MR) is 120 cm³/mol. The van der Waals surface area contributed by atoms with Crippen LogP contribution in [0.3, 0.4) is 0 Å². The molecule has 5 nitrogen and oxygen atoms in total. The van der Waals surface area contributed by atoms with Gasteiger partial charge in [0.25, 0.3) is 0 Å². The molecule has 2 atom stereocenters. The number of carboxylic acid groups (broad SMARTS) is 1. The second kappa shape index (κ2) is 8.03. The Labute approximate surface area is 187 Å². The largest absolute Gasteiger partial charge is 0.490 e. The fourth-order valence-corrected chi connectivity index (χ4v) is 5.63. The summed E-state index contributed by atoms with van der Waals surface area (Å²) in [6.45, 7) is 2.32. The highest BCUT2D eigenvalue weighted by atomic mass is 35.5. The highest BCUT2D eigenvalue weighted by molar-refractivity contribution is 6.30. The van der Waals surface area contributed by atoms with Gasteiger partial charge in [-0.15, -0.1) is 0 Å². The second-order valence-corrected chi connectivity index (χ2v) is 9.81. The van der Waals surface area contributed by atoms with Crippen molar-refractivity contribution in [2.45, 2.75) is 50.0 Å². The van der Waals surface area contributed by atoms with E-state index >= 15 is 0 Å². The van der Waals surface area contributed by atoms with Gasteiger partial charge in [0, 0.05) is 23.5 Å². The number of carboxylic acids is 1. The van der Waals surface area contributed by atoms with Gasteiger partial charge in [0.1, 0.15) is 5.75 Å². The monoisotopic (exact) mass is 441 g/mol. The molecule has 0 radical (unpaired) electrons. The van der Waals surface area contributed by atoms with Crippen molar-refractivity contribution >= 4 is 23.3 Å². The third-order valence-corrected chi connectivity index (χ3v) is 7.55. The van der Waals surface area contributed by atoms with Crippen LogP contribution in [-0.4, -0.2) is 35.9 Å². The van der Waals surface area contributed by atoms with Crippen LogP contribution < -0.4 is 9.64 Å². The normalized spacial score (nSPS) is 23.9. The van der Waals surface area contributed by atoms with E-state index in [9.17, 15) is 15.0 Å². The first-order valence-corrected chi connectivity index (χ1v) is 11.5. The molecule has 0 saturated heterocycles. The maximum Gasteiger partial charge on any atom is 0.337 e. The summed E-state index contributed by atoms with van der Waals surface area (Å²) >= 11 is 6.29. The van der Waals surface area contributed by atoms with Crippen molar-refractivity contribution in [1.29, 1.82) is 0 Å². The van der Waals surface area contributed by atoms with Gasteiger partial charge in [-0.3, -0.25) is 0 Å². The lowest BCUT2D eigenvalue weighted by Gasteiger charge is -2.42. The van der Waals surface area contributed by atoms with E-state index < -0.39 is 12.1 Å². The number of hydrogen-bond donors (Lipinski definition) is 2. The van der Waals surface area contributed by atoms with Gasteiger partial charge in [-0.1, -0.05) is 30.2 Å². The van der Waals surface area contributed by atoms with Crippen LogP contribution in [0.25, 0.3) is 0 Å². The summed E-state index contributed by atoms with van der Waals surface area (Å²) in [5.41, 5.74) is 3.77. The van der Waals surface area contributed by atoms with Crippen molar-refractivity contribution in [3.63, 3.8) is 0 Å². The number of nitrogens with zero attached hydrogens (tertiary/aromatic N) is 1. The molecule has 31 heavy (non-hydrogen) atoms. The Kier molecular flexibility index (Phi) is 5.35. The fourth-order valence-electron chi connectivity index (χ4n) is 5.43. The zero-order valence-corrected chi connectivity index (χ0v) is 18.3. The number of fused-ring (bicyclic) bond motifs is 3. The number of aryl methyl sites for hydroxylation is 1. The molecule has 0 aromatic heterocycles. The van der Waals surface area contributed by atoms with Crippen molar-refractivity contribution in [2.75, 3.05) is 24.6 Å². The Morgan fingerprint density at radius 1 is 1.23 bits per heavy atom. The lowest BCUT2D eigenvalue weighted by molar-refractivity contribution is -0.146. The van der Waals surface area contributed by atoms with Crippen LogP contribution in [0.1, 0.15) is 54.9 Å². The highest BCUT2D eigenvalue weighted by Crippen LogP contribution is 2.45. The molecule has 164 valence electrons. The van der Waals surface area contributed by atoms with Crippen molar-refractivity contribution in [3.8, 4) is 5.75 Å². The minimum Gasteiger partial charge on any atom is -0.490 e. The lowest BCUT2D eigenvalue weighted by atomic mass is 9.70. The second-order valence-electron chi connectivity index (χ2n) is 9.37. The molecular formula is C25H28ClNO4. The molecule has 2 aromatic carbocycles. The highest BCUT2D eigenvalue weighted by Gasteiger charge is 2.42. The van der Waals surface area contributed by atoms with E-state index in [1.54, 1.807) is 12.1 Å². The van der Waals surface area contributed by atoms with Crippen LogP contribution in [0.5, 0.6) is 5.75 Å². The van der Waals surface area contributed by atoms with Crippen molar-refractivity contribution < 1.29 is 19.7 Å². The quantitative estimate of drug-likeness (QED) is 0.717. The minimum absolute atomic E-state index is 0.132. The van der Waals surface area contributed by atoms with E-state index in [2.05, 4.69) is 17.0 Å². The molecule has 1 saturated carbocycles. The average Bonchev–Trinajstić information content (AvgIpc) is 2.87. The molecule has 1 heterocycles. The molecule has 2 N–H and O–H groups in total. The number of rotatable bonds is 4. The van der Waals surface area contributed by atoms with Crippen LogP contribution in [0, 0.1) is 5.92 Å². The van der Waals surface area contributed by atoms with Crippen molar-refractivity contribution in [2.24, 2.45) is 5.92 Å². The van der Waals surface area contributed by atoms with Crippen LogP contribution in [0.4, 0.5) is 5.69 Å². The van der Waals surface area contributed by atoms with E-state index in [4.69, 9.17) is 16.3 Å². The smallest absolute Gasteiger partial charge is 0.337 e. The van der Waals surface area contributed by atoms with E-state index in [1.807, 2.05) is 12.1 Å². The van der Waals surface area contributed by atoms with Gasteiger partial charge in [0.2, 0.25) is 0 Å². The van der Waals surface area contributed by atoms with Crippen molar-refractivity contribution in [3.05, 3.63) is 58.1 Å².